The minimum Gasteiger partial charge on any atom is -0.339 e. The third-order valence-electron chi connectivity index (χ3n) is 4.41. The largest absolute Gasteiger partial charge is 0.339 e. The lowest BCUT2D eigenvalue weighted by molar-refractivity contribution is -0.132. The summed E-state index contributed by atoms with van der Waals surface area (Å²) in [6, 6.07) is 7.63. The average Bonchev–Trinajstić information content (AvgIpc) is 2.99. The second kappa shape index (κ2) is 7.36. The van der Waals surface area contributed by atoms with Gasteiger partial charge in [-0.2, -0.15) is 0 Å². The highest BCUT2D eigenvalue weighted by Crippen LogP contribution is 2.15. The van der Waals surface area contributed by atoms with Gasteiger partial charge in [0.1, 0.15) is 0 Å². The lowest BCUT2D eigenvalue weighted by Crippen LogP contribution is -2.46. The molecule has 1 aromatic carbocycles. The van der Waals surface area contributed by atoms with Crippen LogP contribution in [0.15, 0.2) is 24.3 Å². The van der Waals surface area contributed by atoms with E-state index >= 15 is 0 Å². The van der Waals surface area contributed by atoms with E-state index in [-0.39, 0.29) is 17.9 Å². The molecule has 1 N–H and O–H groups in total. The van der Waals surface area contributed by atoms with Gasteiger partial charge in [-0.15, -0.1) is 11.8 Å². The van der Waals surface area contributed by atoms with E-state index in [1.807, 2.05) is 41.0 Å². The van der Waals surface area contributed by atoms with Crippen LogP contribution in [-0.4, -0.2) is 65.5 Å². The third-order valence-corrected chi connectivity index (χ3v) is 5.35. The molecule has 0 aromatic heterocycles. The van der Waals surface area contributed by atoms with Crippen molar-refractivity contribution in [3.63, 3.8) is 0 Å². The predicted octanol–water partition coefficient (Wildman–Crippen LogP) is 1.33. The molecule has 0 bridgehead atoms. The summed E-state index contributed by atoms with van der Waals surface area (Å²) in [6.45, 7) is 4.69. The van der Waals surface area contributed by atoms with E-state index in [2.05, 4.69) is 5.32 Å². The summed E-state index contributed by atoms with van der Waals surface area (Å²) in [4.78, 5) is 28.9. The number of aryl methyl sites for hydroxylation is 1. The zero-order valence-corrected chi connectivity index (χ0v) is 14.3. The fourth-order valence-electron chi connectivity index (χ4n) is 2.99. The smallest absolute Gasteiger partial charge is 0.253 e. The van der Waals surface area contributed by atoms with E-state index in [0.717, 1.165) is 35.7 Å². The molecule has 0 aliphatic carbocycles. The van der Waals surface area contributed by atoms with E-state index in [1.165, 1.54) is 0 Å². The zero-order chi connectivity index (χ0) is 16.2. The lowest BCUT2D eigenvalue weighted by atomic mass is 10.1. The Morgan fingerprint density at radius 1 is 1.09 bits per heavy atom. The molecule has 2 amide bonds. The molecule has 0 radical (unpaired) electrons. The van der Waals surface area contributed by atoms with Crippen molar-refractivity contribution >= 4 is 23.6 Å². The van der Waals surface area contributed by atoms with Gasteiger partial charge >= 0.3 is 0 Å². The highest BCUT2D eigenvalue weighted by molar-refractivity contribution is 7.99. The number of amides is 2. The molecule has 0 spiro atoms. The van der Waals surface area contributed by atoms with Crippen molar-refractivity contribution in [3.05, 3.63) is 35.4 Å². The maximum Gasteiger partial charge on any atom is 0.253 e. The van der Waals surface area contributed by atoms with Gasteiger partial charge < -0.3 is 9.80 Å². The van der Waals surface area contributed by atoms with Gasteiger partial charge in [-0.3, -0.25) is 14.9 Å². The van der Waals surface area contributed by atoms with Crippen molar-refractivity contribution in [1.29, 1.82) is 0 Å². The van der Waals surface area contributed by atoms with Crippen molar-refractivity contribution in [2.24, 2.45) is 0 Å². The van der Waals surface area contributed by atoms with Crippen LogP contribution < -0.4 is 5.32 Å². The van der Waals surface area contributed by atoms with Crippen LogP contribution in [0.4, 0.5) is 0 Å². The second-order valence-electron chi connectivity index (χ2n) is 6.11. The van der Waals surface area contributed by atoms with E-state index in [9.17, 15) is 9.59 Å². The van der Waals surface area contributed by atoms with E-state index in [0.29, 0.717) is 19.6 Å². The molecule has 2 heterocycles. The quantitative estimate of drug-likeness (QED) is 0.887. The first-order chi connectivity index (χ1) is 11.1. The van der Waals surface area contributed by atoms with Gasteiger partial charge in [0.2, 0.25) is 5.91 Å². The Morgan fingerprint density at radius 2 is 1.78 bits per heavy atom. The first-order valence-corrected chi connectivity index (χ1v) is 9.26. The fraction of sp³-hybridized carbons (Fsp3) is 0.529. The third kappa shape index (κ3) is 3.87. The van der Waals surface area contributed by atoms with Crippen LogP contribution in [0.25, 0.3) is 0 Å². The summed E-state index contributed by atoms with van der Waals surface area (Å²) in [7, 11) is 0. The highest BCUT2D eigenvalue weighted by Gasteiger charge is 2.29. The van der Waals surface area contributed by atoms with Crippen LogP contribution in [-0.2, 0) is 4.79 Å². The van der Waals surface area contributed by atoms with Gasteiger partial charge in [-0.25, -0.2) is 0 Å². The summed E-state index contributed by atoms with van der Waals surface area (Å²) in [5.41, 5.74) is 1.88. The molecule has 124 valence electrons. The van der Waals surface area contributed by atoms with E-state index in [4.69, 9.17) is 0 Å². The van der Waals surface area contributed by atoms with Crippen molar-refractivity contribution in [2.75, 3.05) is 37.8 Å². The van der Waals surface area contributed by atoms with Crippen LogP contribution in [0.3, 0.4) is 0 Å². The Labute approximate surface area is 141 Å². The molecule has 1 aromatic rings. The predicted molar refractivity (Wildman–Crippen MR) is 92.5 cm³/mol. The van der Waals surface area contributed by atoms with E-state index < -0.39 is 0 Å². The summed E-state index contributed by atoms with van der Waals surface area (Å²) < 4.78 is 0. The van der Waals surface area contributed by atoms with Crippen molar-refractivity contribution < 1.29 is 9.59 Å². The zero-order valence-electron chi connectivity index (χ0n) is 13.5. The number of hydrogen-bond donors (Lipinski definition) is 1. The summed E-state index contributed by atoms with van der Waals surface area (Å²) >= 11 is 1.76. The Bertz CT molecular complexity index is 570. The maximum absolute atomic E-state index is 12.6. The number of benzene rings is 1. The number of thioether (sulfide) groups is 1. The number of nitrogens with zero attached hydrogens (tertiary/aromatic N) is 2. The van der Waals surface area contributed by atoms with Crippen LogP contribution in [0, 0.1) is 6.92 Å². The lowest BCUT2D eigenvalue weighted by Gasteiger charge is -2.24. The summed E-state index contributed by atoms with van der Waals surface area (Å²) in [5, 5.41) is 3.23. The van der Waals surface area contributed by atoms with Crippen LogP contribution in [0.5, 0.6) is 0 Å². The Morgan fingerprint density at radius 3 is 2.48 bits per heavy atom. The highest BCUT2D eigenvalue weighted by atomic mass is 32.2. The maximum atomic E-state index is 12.6. The summed E-state index contributed by atoms with van der Waals surface area (Å²) in [6.07, 6.45) is 0.837. The molecule has 5 nitrogen and oxygen atoms in total. The minimum absolute atomic E-state index is 0.0562. The number of carbonyl (C=O) groups excluding carboxylic acids is 2. The molecule has 2 aliphatic heterocycles. The van der Waals surface area contributed by atoms with Gasteiger partial charge in [0, 0.05) is 43.4 Å². The first kappa shape index (κ1) is 16.3. The van der Waals surface area contributed by atoms with Gasteiger partial charge in [-0.1, -0.05) is 17.7 Å². The topological polar surface area (TPSA) is 52.7 Å². The Balaban J connectivity index is 1.60. The SMILES string of the molecule is Cc1ccc(C(=O)N2CCCN(C(=O)C3CSCN3)CC2)cc1. The van der Waals surface area contributed by atoms with Crippen LogP contribution in [0.2, 0.25) is 0 Å². The molecule has 3 rings (SSSR count). The van der Waals surface area contributed by atoms with Gasteiger partial charge in [0.05, 0.1) is 6.04 Å². The van der Waals surface area contributed by atoms with E-state index in [1.54, 1.807) is 11.8 Å². The molecule has 1 atom stereocenters. The fourth-order valence-corrected chi connectivity index (χ4v) is 3.93. The van der Waals surface area contributed by atoms with Gasteiger partial charge in [0.15, 0.2) is 0 Å². The van der Waals surface area contributed by atoms with Crippen LogP contribution in [0.1, 0.15) is 22.3 Å². The summed E-state index contributed by atoms with van der Waals surface area (Å²) in [5.74, 6) is 1.94. The van der Waals surface area contributed by atoms with Crippen molar-refractivity contribution in [1.82, 2.24) is 15.1 Å². The number of nitrogens with one attached hydrogen (secondary N) is 1. The molecule has 0 saturated carbocycles. The molecule has 2 aliphatic rings. The molecule has 2 saturated heterocycles. The number of hydrogen-bond acceptors (Lipinski definition) is 4. The molecular formula is C17H23N3O2S. The Kier molecular flexibility index (Phi) is 5.23. The number of carbonyl (C=O) groups is 2. The standard InChI is InChI=1S/C17H23N3O2S/c1-13-3-5-14(6-4-13)16(21)19-7-2-8-20(10-9-19)17(22)15-11-23-12-18-15/h3-6,15,18H,2,7-12H2,1H3. The monoisotopic (exact) mass is 333 g/mol. The van der Waals surface area contributed by atoms with Crippen LogP contribution >= 0.6 is 11.8 Å². The minimum atomic E-state index is -0.0562. The number of rotatable bonds is 2. The molecule has 1 unspecified atom stereocenters. The van der Waals surface area contributed by atoms with Crippen molar-refractivity contribution in [3.8, 4) is 0 Å². The molecule has 2 fully saturated rings. The van der Waals surface area contributed by atoms with Crippen molar-refractivity contribution in [2.45, 2.75) is 19.4 Å². The second-order valence-corrected chi connectivity index (χ2v) is 7.14. The molecule has 23 heavy (non-hydrogen) atoms. The molecule has 6 heteroatoms. The molecular weight excluding hydrogens is 310 g/mol. The van der Waals surface area contributed by atoms with Gasteiger partial charge in [-0.05, 0) is 25.5 Å². The normalized spacial score (nSPS) is 22.0. The average molecular weight is 333 g/mol. The first-order valence-electron chi connectivity index (χ1n) is 8.11. The Hall–Kier alpha value is -1.53. The van der Waals surface area contributed by atoms with Gasteiger partial charge in [0.25, 0.3) is 5.91 Å².